The molecule has 1 aliphatic heterocycles. The summed E-state index contributed by atoms with van der Waals surface area (Å²) < 4.78 is 0. The Morgan fingerprint density at radius 2 is 2.09 bits per heavy atom. The Morgan fingerprint density at radius 3 is 2.91 bits per heavy atom. The summed E-state index contributed by atoms with van der Waals surface area (Å²) in [6, 6.07) is 7.72. The summed E-state index contributed by atoms with van der Waals surface area (Å²) in [4.78, 5) is 0. The van der Waals surface area contributed by atoms with Crippen LogP contribution in [0.3, 0.4) is 0 Å². The van der Waals surface area contributed by atoms with Gasteiger partial charge in [0.15, 0.2) is 0 Å². The monoisotopic (exact) mass is 147 g/mol. The molecule has 2 N–H and O–H groups in total. The third-order valence-corrected chi connectivity index (χ3v) is 1.80. The summed E-state index contributed by atoms with van der Waals surface area (Å²) in [5, 5.41) is 12.5. The van der Waals surface area contributed by atoms with Gasteiger partial charge in [0, 0.05) is 11.3 Å². The summed E-state index contributed by atoms with van der Waals surface area (Å²) in [5.74, 6) is 0. The standard InChI is InChI=1S/C9H9NO/c11-9-5-6-10-8-4-2-1-3-7(8)9/h1-6,9-11H. The van der Waals surface area contributed by atoms with E-state index >= 15 is 0 Å². The first-order valence-corrected chi connectivity index (χ1v) is 3.58. The number of hydrogen-bond donors (Lipinski definition) is 2. The molecule has 0 fully saturated rings. The van der Waals surface area contributed by atoms with Gasteiger partial charge in [-0.05, 0) is 18.3 Å². The van der Waals surface area contributed by atoms with E-state index in [0.717, 1.165) is 11.3 Å². The van der Waals surface area contributed by atoms with Crippen molar-refractivity contribution in [1.82, 2.24) is 0 Å². The molecule has 0 spiro atoms. The zero-order chi connectivity index (χ0) is 7.68. The molecule has 1 aliphatic rings. The molecule has 2 rings (SSSR count). The van der Waals surface area contributed by atoms with Gasteiger partial charge in [-0.3, -0.25) is 0 Å². The lowest BCUT2D eigenvalue weighted by atomic mass is 10.1. The van der Waals surface area contributed by atoms with E-state index in [0.29, 0.717) is 0 Å². The van der Waals surface area contributed by atoms with E-state index in [1.165, 1.54) is 0 Å². The maximum absolute atomic E-state index is 9.43. The Hall–Kier alpha value is -1.28. The van der Waals surface area contributed by atoms with Crippen LogP contribution in [0.4, 0.5) is 5.69 Å². The van der Waals surface area contributed by atoms with Crippen LogP contribution in [-0.4, -0.2) is 5.11 Å². The van der Waals surface area contributed by atoms with Gasteiger partial charge in [-0.25, -0.2) is 0 Å². The van der Waals surface area contributed by atoms with Crippen molar-refractivity contribution in [2.24, 2.45) is 0 Å². The second-order valence-corrected chi connectivity index (χ2v) is 2.54. The minimum atomic E-state index is -0.451. The molecule has 0 saturated carbocycles. The Kier molecular flexibility index (Phi) is 1.40. The molecule has 0 aliphatic carbocycles. The van der Waals surface area contributed by atoms with Crippen molar-refractivity contribution in [3.05, 3.63) is 42.1 Å². The third kappa shape index (κ3) is 1.01. The molecule has 0 aromatic heterocycles. The summed E-state index contributed by atoms with van der Waals surface area (Å²) in [5.41, 5.74) is 1.93. The lowest BCUT2D eigenvalue weighted by molar-refractivity contribution is 0.228. The smallest absolute Gasteiger partial charge is 0.101 e. The van der Waals surface area contributed by atoms with Gasteiger partial charge in [0.2, 0.25) is 0 Å². The maximum Gasteiger partial charge on any atom is 0.101 e. The van der Waals surface area contributed by atoms with Crippen LogP contribution < -0.4 is 5.32 Å². The Balaban J connectivity index is 2.50. The summed E-state index contributed by atoms with van der Waals surface area (Å²) in [7, 11) is 0. The summed E-state index contributed by atoms with van der Waals surface area (Å²) >= 11 is 0. The topological polar surface area (TPSA) is 32.3 Å². The Morgan fingerprint density at radius 1 is 1.27 bits per heavy atom. The lowest BCUT2D eigenvalue weighted by Crippen LogP contribution is -2.04. The zero-order valence-corrected chi connectivity index (χ0v) is 5.99. The molecule has 56 valence electrons. The van der Waals surface area contributed by atoms with Gasteiger partial charge in [0.1, 0.15) is 6.10 Å². The molecule has 0 radical (unpaired) electrons. The highest BCUT2D eigenvalue weighted by Crippen LogP contribution is 2.26. The molecule has 2 heteroatoms. The SMILES string of the molecule is OC1C=CNc2ccccc21. The van der Waals surface area contributed by atoms with Gasteiger partial charge < -0.3 is 10.4 Å². The molecule has 1 atom stereocenters. The van der Waals surface area contributed by atoms with E-state index in [1.54, 1.807) is 12.3 Å². The Labute approximate surface area is 65.2 Å². The highest BCUT2D eigenvalue weighted by Gasteiger charge is 2.10. The van der Waals surface area contributed by atoms with E-state index in [4.69, 9.17) is 0 Å². The van der Waals surface area contributed by atoms with Gasteiger partial charge in [-0.2, -0.15) is 0 Å². The molecule has 1 heterocycles. The molecule has 1 unspecified atom stereocenters. The first-order valence-electron chi connectivity index (χ1n) is 3.58. The summed E-state index contributed by atoms with van der Waals surface area (Å²) in [6.45, 7) is 0. The quantitative estimate of drug-likeness (QED) is 0.585. The minimum Gasteiger partial charge on any atom is -0.384 e. The van der Waals surface area contributed by atoms with Crippen LogP contribution in [0, 0.1) is 0 Å². The van der Waals surface area contributed by atoms with Crippen molar-refractivity contribution in [2.45, 2.75) is 6.10 Å². The molecular formula is C9H9NO. The van der Waals surface area contributed by atoms with E-state index < -0.39 is 6.10 Å². The molecule has 0 bridgehead atoms. The normalized spacial score (nSPS) is 20.6. The molecule has 1 aromatic carbocycles. The van der Waals surface area contributed by atoms with E-state index in [1.807, 2.05) is 24.3 Å². The number of fused-ring (bicyclic) bond motifs is 1. The highest BCUT2D eigenvalue weighted by molar-refractivity contribution is 5.57. The molecule has 1 aromatic rings. The lowest BCUT2D eigenvalue weighted by Gasteiger charge is -2.16. The van der Waals surface area contributed by atoms with Gasteiger partial charge in [0.25, 0.3) is 0 Å². The second-order valence-electron chi connectivity index (χ2n) is 2.54. The largest absolute Gasteiger partial charge is 0.384 e. The van der Waals surface area contributed by atoms with Crippen molar-refractivity contribution in [2.75, 3.05) is 5.32 Å². The second kappa shape index (κ2) is 2.40. The third-order valence-electron chi connectivity index (χ3n) is 1.80. The number of para-hydroxylation sites is 1. The van der Waals surface area contributed by atoms with Crippen LogP contribution in [0.2, 0.25) is 0 Å². The number of aliphatic hydroxyl groups is 1. The van der Waals surface area contributed by atoms with Gasteiger partial charge in [0.05, 0.1) is 0 Å². The number of aliphatic hydroxyl groups excluding tert-OH is 1. The average Bonchev–Trinajstić information content (AvgIpc) is 2.06. The van der Waals surface area contributed by atoms with Crippen LogP contribution in [0.15, 0.2) is 36.5 Å². The van der Waals surface area contributed by atoms with E-state index in [2.05, 4.69) is 5.32 Å². The van der Waals surface area contributed by atoms with Crippen LogP contribution in [0.1, 0.15) is 11.7 Å². The number of anilines is 1. The van der Waals surface area contributed by atoms with Gasteiger partial charge in [-0.15, -0.1) is 0 Å². The van der Waals surface area contributed by atoms with Gasteiger partial charge in [-0.1, -0.05) is 18.2 Å². The zero-order valence-electron chi connectivity index (χ0n) is 5.99. The van der Waals surface area contributed by atoms with Crippen LogP contribution in [-0.2, 0) is 0 Å². The summed E-state index contributed by atoms with van der Waals surface area (Å²) in [6.07, 6.45) is 3.03. The molecule has 11 heavy (non-hydrogen) atoms. The molecule has 0 amide bonds. The van der Waals surface area contributed by atoms with Crippen molar-refractivity contribution in [3.8, 4) is 0 Å². The fraction of sp³-hybridized carbons (Fsp3) is 0.111. The first kappa shape index (κ1) is 6.43. The minimum absolute atomic E-state index is 0.451. The molecular weight excluding hydrogens is 138 g/mol. The van der Waals surface area contributed by atoms with Crippen molar-refractivity contribution in [3.63, 3.8) is 0 Å². The maximum atomic E-state index is 9.43. The van der Waals surface area contributed by atoms with Crippen molar-refractivity contribution >= 4 is 5.69 Å². The van der Waals surface area contributed by atoms with Crippen LogP contribution in [0.5, 0.6) is 0 Å². The molecule has 2 nitrogen and oxygen atoms in total. The van der Waals surface area contributed by atoms with Crippen LogP contribution >= 0.6 is 0 Å². The number of nitrogens with one attached hydrogen (secondary N) is 1. The number of benzene rings is 1. The predicted octanol–water partition coefficient (Wildman–Crippen LogP) is 1.66. The highest BCUT2D eigenvalue weighted by atomic mass is 16.3. The number of hydrogen-bond acceptors (Lipinski definition) is 2. The average molecular weight is 147 g/mol. The Bertz CT molecular complexity index is 293. The predicted molar refractivity (Wildman–Crippen MR) is 44.2 cm³/mol. The number of rotatable bonds is 0. The molecule has 0 saturated heterocycles. The van der Waals surface area contributed by atoms with E-state index in [9.17, 15) is 5.11 Å². The van der Waals surface area contributed by atoms with Crippen molar-refractivity contribution in [1.29, 1.82) is 0 Å². The van der Waals surface area contributed by atoms with E-state index in [-0.39, 0.29) is 0 Å². The van der Waals surface area contributed by atoms with Crippen molar-refractivity contribution < 1.29 is 5.11 Å². The first-order chi connectivity index (χ1) is 5.38. The van der Waals surface area contributed by atoms with Crippen LogP contribution in [0.25, 0.3) is 0 Å². The van der Waals surface area contributed by atoms with Gasteiger partial charge >= 0.3 is 0 Å². The fourth-order valence-electron chi connectivity index (χ4n) is 1.22. The fourth-order valence-corrected chi connectivity index (χ4v) is 1.22.